The summed E-state index contributed by atoms with van der Waals surface area (Å²) in [5.41, 5.74) is 0.333. The first-order chi connectivity index (χ1) is 23.7. The highest BCUT2D eigenvalue weighted by Gasteiger charge is 2.35. The Balaban J connectivity index is 1.47. The topological polar surface area (TPSA) is 140 Å². The van der Waals surface area contributed by atoms with Gasteiger partial charge in [-0.15, -0.1) is 0 Å². The molecule has 0 spiro atoms. The lowest BCUT2D eigenvalue weighted by Crippen LogP contribution is -2.49. The molecule has 3 amide bonds. The molecule has 4 atom stereocenters. The molecule has 4 N–H and O–H groups in total. The number of morpholine rings is 1. The van der Waals surface area contributed by atoms with Gasteiger partial charge in [0.25, 0.3) is 0 Å². The number of hydrogen-bond acceptors (Lipinski definition) is 8. The van der Waals surface area contributed by atoms with Crippen molar-refractivity contribution in [1.29, 1.82) is 0 Å². The van der Waals surface area contributed by atoms with Gasteiger partial charge in [-0.25, -0.2) is 22.8 Å². The fourth-order valence-corrected chi connectivity index (χ4v) is 5.31. The van der Waals surface area contributed by atoms with E-state index in [1.807, 2.05) is 0 Å². The smallest absolute Gasteiger partial charge is 0.407 e. The number of amides is 3. The summed E-state index contributed by atoms with van der Waals surface area (Å²) in [5.74, 6) is -4.71. The first-order valence-electron chi connectivity index (χ1n) is 15.0. The van der Waals surface area contributed by atoms with Gasteiger partial charge < -0.3 is 35.5 Å². The Bertz CT molecular complexity index is 1620. The fourth-order valence-electron chi connectivity index (χ4n) is 5.19. The number of pyridine rings is 1. The highest BCUT2D eigenvalue weighted by atomic mass is 35.5. The van der Waals surface area contributed by atoms with E-state index in [0.29, 0.717) is 16.7 Å². The molecule has 0 aliphatic carbocycles. The quantitative estimate of drug-likeness (QED) is 0.186. The van der Waals surface area contributed by atoms with E-state index in [4.69, 9.17) is 25.8 Å². The molecular weight excluding hydrogens is 700 g/mol. The van der Waals surface area contributed by atoms with Crippen LogP contribution in [0.2, 0.25) is 5.02 Å². The van der Waals surface area contributed by atoms with Crippen LogP contribution in [0.4, 0.5) is 41.6 Å². The van der Waals surface area contributed by atoms with Crippen LogP contribution in [0.15, 0.2) is 54.9 Å². The third kappa shape index (κ3) is 11.2. The zero-order valence-corrected chi connectivity index (χ0v) is 27.0. The van der Waals surface area contributed by atoms with Crippen LogP contribution in [0, 0.1) is 17.5 Å². The predicted molar refractivity (Wildman–Crippen MR) is 167 cm³/mol. The lowest BCUT2D eigenvalue weighted by molar-refractivity contribution is -0.124. The molecule has 0 saturated carbocycles. The number of alkyl halides is 3. The maximum atomic E-state index is 15.1. The molecule has 18 heteroatoms. The lowest BCUT2D eigenvalue weighted by Gasteiger charge is -2.30. The number of alkyl carbamates (subject to hydrolysis) is 2. The SMILES string of the molecule is COC(=O)N[C@H](C(=O)Nc1cncc(F)c1CC[C@@H]1CN[C@H](COC(=O)NCC(F)(F)F)CO1)[C@@H](c1ccc(Cl)cc1)c1cc(F)cc(F)c1. The Labute approximate surface area is 287 Å². The summed E-state index contributed by atoms with van der Waals surface area (Å²) < 4.78 is 96.0. The Morgan fingerprint density at radius 3 is 2.36 bits per heavy atom. The molecule has 1 aliphatic heterocycles. The molecule has 0 bridgehead atoms. The van der Waals surface area contributed by atoms with Gasteiger partial charge in [-0.05, 0) is 48.2 Å². The van der Waals surface area contributed by atoms with Gasteiger partial charge >= 0.3 is 18.4 Å². The molecule has 11 nitrogen and oxygen atoms in total. The lowest BCUT2D eigenvalue weighted by atomic mass is 9.84. The number of benzene rings is 2. The maximum Gasteiger partial charge on any atom is 0.407 e. The summed E-state index contributed by atoms with van der Waals surface area (Å²) in [6.07, 6.45) is -4.92. The number of nitrogens with zero attached hydrogens (tertiary/aromatic N) is 1. The van der Waals surface area contributed by atoms with Gasteiger partial charge in [-0.2, -0.15) is 13.2 Å². The van der Waals surface area contributed by atoms with Gasteiger partial charge in [0.1, 0.15) is 36.6 Å². The summed E-state index contributed by atoms with van der Waals surface area (Å²) in [6, 6.07) is 6.63. The molecule has 1 aliphatic rings. The van der Waals surface area contributed by atoms with Crippen molar-refractivity contribution in [3.63, 3.8) is 0 Å². The van der Waals surface area contributed by atoms with Crippen LogP contribution in [-0.2, 0) is 25.4 Å². The van der Waals surface area contributed by atoms with Gasteiger partial charge in [0.2, 0.25) is 5.91 Å². The minimum atomic E-state index is -4.58. The van der Waals surface area contributed by atoms with Crippen LogP contribution in [-0.4, -0.2) is 80.9 Å². The molecule has 4 rings (SSSR count). The number of carbonyl (C=O) groups excluding carboxylic acids is 3. The van der Waals surface area contributed by atoms with Gasteiger partial charge in [0, 0.05) is 29.1 Å². The molecule has 3 aromatic rings. The number of ether oxygens (including phenoxy) is 3. The van der Waals surface area contributed by atoms with E-state index in [0.717, 1.165) is 25.4 Å². The molecule has 1 aromatic heterocycles. The van der Waals surface area contributed by atoms with Gasteiger partial charge in [0.15, 0.2) is 0 Å². The second-order valence-electron chi connectivity index (χ2n) is 11.1. The zero-order chi connectivity index (χ0) is 36.4. The largest absolute Gasteiger partial charge is 0.453 e. The van der Waals surface area contributed by atoms with E-state index in [-0.39, 0.29) is 49.4 Å². The van der Waals surface area contributed by atoms with Crippen LogP contribution < -0.4 is 21.3 Å². The van der Waals surface area contributed by atoms with E-state index in [1.165, 1.54) is 30.5 Å². The molecule has 270 valence electrons. The van der Waals surface area contributed by atoms with E-state index in [9.17, 15) is 36.3 Å². The van der Waals surface area contributed by atoms with Crippen molar-refractivity contribution >= 4 is 35.4 Å². The summed E-state index contributed by atoms with van der Waals surface area (Å²) in [4.78, 5) is 41.7. The Morgan fingerprint density at radius 2 is 1.74 bits per heavy atom. The monoisotopic (exact) mass is 731 g/mol. The van der Waals surface area contributed by atoms with Crippen molar-refractivity contribution < 1.29 is 54.9 Å². The second-order valence-corrected chi connectivity index (χ2v) is 11.6. The third-order valence-corrected chi connectivity index (χ3v) is 7.79. The number of anilines is 1. The highest BCUT2D eigenvalue weighted by Crippen LogP contribution is 2.32. The fraction of sp³-hybridized carbons (Fsp3) is 0.375. The van der Waals surface area contributed by atoms with E-state index in [2.05, 4.69) is 20.9 Å². The summed E-state index contributed by atoms with van der Waals surface area (Å²) >= 11 is 6.05. The third-order valence-electron chi connectivity index (χ3n) is 7.54. The molecule has 2 heterocycles. The van der Waals surface area contributed by atoms with Crippen molar-refractivity contribution in [2.24, 2.45) is 0 Å². The van der Waals surface area contributed by atoms with Crippen molar-refractivity contribution in [3.8, 4) is 0 Å². The Kier molecular flexibility index (Phi) is 13.3. The van der Waals surface area contributed by atoms with E-state index in [1.54, 1.807) is 5.32 Å². The summed E-state index contributed by atoms with van der Waals surface area (Å²) in [7, 11) is 1.06. The predicted octanol–water partition coefficient (Wildman–Crippen LogP) is 5.23. The first-order valence-corrected chi connectivity index (χ1v) is 15.4. The zero-order valence-electron chi connectivity index (χ0n) is 26.3. The van der Waals surface area contributed by atoms with Crippen LogP contribution in [0.3, 0.4) is 0 Å². The van der Waals surface area contributed by atoms with Crippen LogP contribution in [0.5, 0.6) is 0 Å². The first kappa shape index (κ1) is 38.2. The molecule has 0 radical (unpaired) electrons. The second kappa shape index (κ2) is 17.4. The highest BCUT2D eigenvalue weighted by molar-refractivity contribution is 6.30. The summed E-state index contributed by atoms with van der Waals surface area (Å²) in [5, 5.41) is 9.97. The van der Waals surface area contributed by atoms with Crippen molar-refractivity contribution in [2.75, 3.05) is 38.7 Å². The Hall–Kier alpha value is -4.61. The van der Waals surface area contributed by atoms with Gasteiger partial charge in [-0.1, -0.05) is 23.7 Å². The maximum absolute atomic E-state index is 15.1. The molecular formula is C32H32ClF6N5O6. The van der Waals surface area contributed by atoms with Crippen molar-refractivity contribution in [3.05, 3.63) is 94.0 Å². The number of halogens is 7. The minimum Gasteiger partial charge on any atom is -0.453 e. The molecule has 0 unspecified atom stereocenters. The van der Waals surface area contributed by atoms with Gasteiger partial charge in [-0.3, -0.25) is 9.78 Å². The number of aromatic nitrogens is 1. The van der Waals surface area contributed by atoms with Crippen molar-refractivity contribution in [2.45, 2.75) is 43.1 Å². The summed E-state index contributed by atoms with van der Waals surface area (Å²) in [6.45, 7) is -1.53. The minimum absolute atomic E-state index is 0.00782. The van der Waals surface area contributed by atoms with E-state index >= 15 is 4.39 Å². The number of carbonyl (C=O) groups is 3. The molecule has 1 saturated heterocycles. The number of rotatable bonds is 12. The molecule has 1 fully saturated rings. The number of nitrogens with one attached hydrogen (secondary N) is 4. The van der Waals surface area contributed by atoms with Crippen LogP contribution in [0.1, 0.15) is 29.0 Å². The van der Waals surface area contributed by atoms with Crippen LogP contribution >= 0.6 is 11.6 Å². The van der Waals surface area contributed by atoms with Crippen LogP contribution in [0.25, 0.3) is 0 Å². The normalized spacial score (nSPS) is 17.3. The standard InChI is InChI=1S/C32H32ClF6N5O6/c1-48-31(47)44-28(27(17-2-4-19(33)5-3-17)18-8-20(34)10-21(35)9-18)29(45)43-26-13-40-12-25(36)24(26)7-6-23-11-41-22(14-49-23)15-50-30(46)42-16-32(37,38)39/h2-5,8-10,12-13,22-23,27-28,41H,6-7,11,14-16H2,1H3,(H,42,46)(H,43,45)(H,44,47)/t22-,23+,27-,28-/m0/s1. The number of methoxy groups -OCH3 is 1. The van der Waals surface area contributed by atoms with Crippen molar-refractivity contribution in [1.82, 2.24) is 20.9 Å². The molecule has 2 aromatic carbocycles. The van der Waals surface area contributed by atoms with Gasteiger partial charge in [0.05, 0.1) is 43.9 Å². The average molecular weight is 732 g/mol. The average Bonchev–Trinajstić information content (AvgIpc) is 3.06. The Morgan fingerprint density at radius 1 is 1.04 bits per heavy atom. The van der Waals surface area contributed by atoms with E-state index < -0.39 is 72.4 Å². The number of hydrogen-bond donors (Lipinski definition) is 4. The molecule has 50 heavy (non-hydrogen) atoms.